The Hall–Kier alpha value is -2.76. The molecule has 0 bridgehead atoms. The fourth-order valence-electron chi connectivity index (χ4n) is 3.23. The van der Waals surface area contributed by atoms with Crippen LogP contribution in [-0.2, 0) is 12.8 Å². The van der Waals surface area contributed by atoms with E-state index >= 15 is 0 Å². The summed E-state index contributed by atoms with van der Waals surface area (Å²) in [5.74, 6) is 0.811. The molecule has 0 aliphatic heterocycles. The van der Waals surface area contributed by atoms with E-state index in [2.05, 4.69) is 51.2 Å². The van der Waals surface area contributed by atoms with Crippen molar-refractivity contribution in [2.45, 2.75) is 59.8 Å². The molecule has 0 fully saturated rings. The van der Waals surface area contributed by atoms with Crippen LogP contribution in [0.15, 0.2) is 23.0 Å². The summed E-state index contributed by atoms with van der Waals surface area (Å²) in [7, 11) is 0. The number of fused-ring (bicyclic) bond motifs is 1. The molecule has 2 aromatic heterocycles. The Morgan fingerprint density at radius 1 is 1.04 bits per heavy atom. The van der Waals surface area contributed by atoms with Gasteiger partial charge in [-0.2, -0.15) is 0 Å². The van der Waals surface area contributed by atoms with Crippen molar-refractivity contribution in [3.8, 4) is 0 Å². The lowest BCUT2D eigenvalue weighted by molar-refractivity contribution is 0.707. The smallest absolute Gasteiger partial charge is 0.255 e. The predicted octanol–water partition coefficient (Wildman–Crippen LogP) is 4.37. The van der Waals surface area contributed by atoms with Gasteiger partial charge in [0.1, 0.15) is 0 Å². The maximum absolute atomic E-state index is 12.4. The minimum atomic E-state index is -0.0915. The average molecular weight is 365 g/mol. The summed E-state index contributed by atoms with van der Waals surface area (Å²) in [6, 6.07) is 6.21. The van der Waals surface area contributed by atoms with Crippen LogP contribution >= 0.6 is 0 Å². The van der Waals surface area contributed by atoms with E-state index in [4.69, 9.17) is 0 Å². The molecule has 0 aliphatic carbocycles. The summed E-state index contributed by atoms with van der Waals surface area (Å²) in [6.45, 7) is 8.12. The molecule has 0 atom stereocenters. The number of rotatable bonds is 7. The molecule has 1 aromatic carbocycles. The van der Waals surface area contributed by atoms with Crippen LogP contribution in [0.3, 0.4) is 0 Å². The van der Waals surface area contributed by atoms with Crippen LogP contribution in [0.2, 0.25) is 0 Å². The number of H-pyrrole nitrogens is 1. The monoisotopic (exact) mass is 365 g/mol. The Balaban J connectivity index is 1.87. The van der Waals surface area contributed by atoms with E-state index in [-0.39, 0.29) is 5.56 Å². The number of aryl methyl sites for hydroxylation is 3. The van der Waals surface area contributed by atoms with Crippen LogP contribution in [0.5, 0.6) is 0 Å². The highest BCUT2D eigenvalue weighted by Crippen LogP contribution is 2.20. The largest absolute Gasteiger partial charge is 0.294 e. The fraction of sp³-hybridized carbons (Fsp3) is 0.429. The molecule has 6 heteroatoms. The van der Waals surface area contributed by atoms with Gasteiger partial charge in [-0.1, -0.05) is 32.8 Å². The Bertz CT molecular complexity index is 1010. The minimum Gasteiger partial charge on any atom is -0.294 e. The summed E-state index contributed by atoms with van der Waals surface area (Å²) >= 11 is 0. The first-order chi connectivity index (χ1) is 13.0. The van der Waals surface area contributed by atoms with Gasteiger partial charge in [0.05, 0.1) is 11.2 Å². The Morgan fingerprint density at radius 3 is 2.56 bits per heavy atom. The molecule has 0 radical (unpaired) electrons. The van der Waals surface area contributed by atoms with Crippen LogP contribution in [0.25, 0.3) is 10.9 Å². The predicted molar refractivity (Wildman–Crippen MR) is 110 cm³/mol. The second-order valence-corrected chi connectivity index (χ2v) is 6.90. The third-order valence-electron chi connectivity index (χ3n) is 4.84. The van der Waals surface area contributed by atoms with Gasteiger partial charge in [-0.25, -0.2) is 15.0 Å². The van der Waals surface area contributed by atoms with E-state index in [1.165, 1.54) is 5.56 Å². The summed E-state index contributed by atoms with van der Waals surface area (Å²) in [5, 5.41) is 4.10. The molecule has 2 heterocycles. The first kappa shape index (κ1) is 19.0. The van der Waals surface area contributed by atoms with Crippen LogP contribution in [-0.4, -0.2) is 19.9 Å². The molecular formula is C21H27N5O. The molecule has 0 unspecified atom stereocenters. The van der Waals surface area contributed by atoms with Crippen molar-refractivity contribution in [1.82, 2.24) is 19.9 Å². The number of aromatic amines is 1. The first-order valence-corrected chi connectivity index (χ1v) is 9.66. The molecule has 6 nitrogen and oxygen atoms in total. The van der Waals surface area contributed by atoms with Gasteiger partial charge in [-0.05, 0) is 50.8 Å². The summed E-state index contributed by atoms with van der Waals surface area (Å²) < 4.78 is 0. The van der Waals surface area contributed by atoms with Gasteiger partial charge < -0.3 is 0 Å². The number of nitrogens with zero attached hydrogens (tertiary/aromatic N) is 3. The SMILES string of the molecule is CCCCCc1c(C)nc(Nc2nc(C)c3cc(CC)ccc3n2)[nH]c1=O. The van der Waals surface area contributed by atoms with Gasteiger partial charge in [-0.15, -0.1) is 0 Å². The lowest BCUT2D eigenvalue weighted by atomic mass is 10.1. The van der Waals surface area contributed by atoms with Gasteiger partial charge in [0.25, 0.3) is 5.56 Å². The highest BCUT2D eigenvalue weighted by atomic mass is 16.1. The van der Waals surface area contributed by atoms with Crippen LogP contribution in [0.1, 0.15) is 55.6 Å². The van der Waals surface area contributed by atoms with E-state index in [9.17, 15) is 4.79 Å². The second kappa shape index (κ2) is 8.29. The number of hydrogen-bond donors (Lipinski definition) is 2. The van der Waals surface area contributed by atoms with Crippen molar-refractivity contribution in [2.75, 3.05) is 5.32 Å². The summed E-state index contributed by atoms with van der Waals surface area (Å²) in [4.78, 5) is 28.8. The molecule has 2 N–H and O–H groups in total. The van der Waals surface area contributed by atoms with Gasteiger partial charge in [0.15, 0.2) is 0 Å². The first-order valence-electron chi connectivity index (χ1n) is 9.66. The third kappa shape index (κ3) is 4.32. The van der Waals surface area contributed by atoms with Crippen molar-refractivity contribution in [2.24, 2.45) is 0 Å². The molecule has 0 spiro atoms. The number of aromatic nitrogens is 4. The normalized spacial score (nSPS) is 11.1. The fourth-order valence-corrected chi connectivity index (χ4v) is 3.23. The maximum atomic E-state index is 12.4. The Morgan fingerprint density at radius 2 is 1.85 bits per heavy atom. The van der Waals surface area contributed by atoms with E-state index in [0.717, 1.165) is 60.0 Å². The van der Waals surface area contributed by atoms with Crippen molar-refractivity contribution in [3.05, 3.63) is 51.1 Å². The zero-order chi connectivity index (χ0) is 19.4. The second-order valence-electron chi connectivity index (χ2n) is 6.90. The van der Waals surface area contributed by atoms with Gasteiger partial charge in [0, 0.05) is 16.6 Å². The molecule has 0 saturated carbocycles. The molecule has 3 aromatic rings. The van der Waals surface area contributed by atoms with Crippen molar-refractivity contribution >= 4 is 22.8 Å². The standard InChI is InChI=1S/C21H27N5O/c1-5-7-8-9-16-13(3)22-21(25-19(16)27)26-20-23-14(4)17-12-15(6-2)10-11-18(17)24-20/h10-12H,5-9H2,1-4H3,(H2,22,23,24,25,26,27). The maximum Gasteiger partial charge on any atom is 0.255 e. The van der Waals surface area contributed by atoms with Gasteiger partial charge >= 0.3 is 0 Å². The van der Waals surface area contributed by atoms with Crippen LogP contribution in [0.4, 0.5) is 11.9 Å². The topological polar surface area (TPSA) is 83.6 Å². The number of benzene rings is 1. The third-order valence-corrected chi connectivity index (χ3v) is 4.84. The molecule has 0 amide bonds. The summed E-state index contributed by atoms with van der Waals surface area (Å²) in [5.41, 5.74) is 4.45. The van der Waals surface area contributed by atoms with Gasteiger partial charge in [-0.3, -0.25) is 15.1 Å². The molecule has 0 saturated heterocycles. The zero-order valence-electron chi connectivity index (χ0n) is 16.5. The van der Waals surface area contributed by atoms with E-state index in [1.54, 1.807) is 0 Å². The number of anilines is 2. The van der Waals surface area contributed by atoms with Crippen molar-refractivity contribution < 1.29 is 0 Å². The lowest BCUT2D eigenvalue weighted by Crippen LogP contribution is -2.18. The van der Waals surface area contributed by atoms with Crippen LogP contribution in [0, 0.1) is 13.8 Å². The quantitative estimate of drug-likeness (QED) is 0.608. The van der Waals surface area contributed by atoms with E-state index in [0.29, 0.717) is 11.9 Å². The molecular weight excluding hydrogens is 338 g/mol. The summed E-state index contributed by atoms with van der Waals surface area (Å²) in [6.07, 6.45) is 4.98. The van der Waals surface area contributed by atoms with Crippen molar-refractivity contribution in [3.63, 3.8) is 0 Å². The van der Waals surface area contributed by atoms with E-state index in [1.807, 2.05) is 19.9 Å². The zero-order valence-corrected chi connectivity index (χ0v) is 16.5. The average Bonchev–Trinajstić information content (AvgIpc) is 2.64. The molecule has 27 heavy (non-hydrogen) atoms. The highest BCUT2D eigenvalue weighted by Gasteiger charge is 2.10. The van der Waals surface area contributed by atoms with Gasteiger partial charge in [0.2, 0.25) is 11.9 Å². The Kier molecular flexibility index (Phi) is 5.84. The van der Waals surface area contributed by atoms with Crippen molar-refractivity contribution in [1.29, 1.82) is 0 Å². The number of nitrogens with one attached hydrogen (secondary N) is 2. The number of unbranched alkanes of at least 4 members (excludes halogenated alkanes) is 2. The lowest BCUT2D eigenvalue weighted by Gasteiger charge is -2.10. The highest BCUT2D eigenvalue weighted by molar-refractivity contribution is 5.82. The molecule has 142 valence electrons. The Labute approximate surface area is 159 Å². The molecule has 0 aliphatic rings. The van der Waals surface area contributed by atoms with E-state index < -0.39 is 0 Å². The molecule has 3 rings (SSSR count). The van der Waals surface area contributed by atoms with Crippen LogP contribution < -0.4 is 10.9 Å². The number of hydrogen-bond acceptors (Lipinski definition) is 5. The minimum absolute atomic E-state index is 0.0915.